The molecule has 0 saturated heterocycles. The molecule has 1 heterocycles. The average molecular weight is 217 g/mol. The first kappa shape index (κ1) is 10.7. The molecule has 0 aliphatic carbocycles. The molecule has 3 heteroatoms. The second-order valence-corrected chi connectivity index (χ2v) is 3.65. The Labute approximate surface area is 94.1 Å². The molecule has 0 unspecified atom stereocenters. The van der Waals surface area contributed by atoms with E-state index in [2.05, 4.69) is 4.98 Å². The highest BCUT2D eigenvalue weighted by Crippen LogP contribution is 2.21. The van der Waals surface area contributed by atoms with Crippen molar-refractivity contribution in [2.75, 3.05) is 6.61 Å². The van der Waals surface area contributed by atoms with E-state index in [-0.39, 0.29) is 5.56 Å². The molecule has 1 aromatic carbocycles. The summed E-state index contributed by atoms with van der Waals surface area (Å²) in [5.74, 6) is 0.844. The molecule has 0 spiro atoms. The number of pyridine rings is 1. The number of benzene rings is 1. The largest absolute Gasteiger partial charge is 0.494 e. The van der Waals surface area contributed by atoms with Gasteiger partial charge in [0.15, 0.2) is 0 Å². The van der Waals surface area contributed by atoms with Gasteiger partial charge in [-0.3, -0.25) is 4.79 Å². The third-order valence-electron chi connectivity index (χ3n) is 2.59. The predicted molar refractivity (Wildman–Crippen MR) is 65.1 cm³/mol. The summed E-state index contributed by atoms with van der Waals surface area (Å²) in [6.07, 6.45) is 0.843. The average Bonchev–Trinajstić information content (AvgIpc) is 2.29. The molecule has 0 bridgehead atoms. The molecule has 84 valence electrons. The van der Waals surface area contributed by atoms with Gasteiger partial charge in [-0.15, -0.1) is 0 Å². The van der Waals surface area contributed by atoms with Crippen LogP contribution in [0.5, 0.6) is 5.75 Å². The number of rotatable bonds is 3. The SMILES string of the molecule is CCOc1ccc2[nH]c(=O)cc(CC)c2c1. The van der Waals surface area contributed by atoms with Crippen molar-refractivity contribution in [2.45, 2.75) is 20.3 Å². The summed E-state index contributed by atoms with van der Waals surface area (Å²) >= 11 is 0. The second-order valence-electron chi connectivity index (χ2n) is 3.65. The lowest BCUT2D eigenvalue weighted by atomic mass is 10.1. The highest BCUT2D eigenvalue weighted by molar-refractivity contribution is 5.83. The minimum atomic E-state index is -0.0477. The van der Waals surface area contributed by atoms with Crippen molar-refractivity contribution in [2.24, 2.45) is 0 Å². The zero-order valence-corrected chi connectivity index (χ0v) is 9.54. The fraction of sp³-hybridized carbons (Fsp3) is 0.308. The molecule has 0 aliphatic rings. The van der Waals surface area contributed by atoms with Crippen LogP contribution in [0.1, 0.15) is 19.4 Å². The molecule has 2 aromatic rings. The Bertz CT molecular complexity index is 557. The van der Waals surface area contributed by atoms with Crippen LogP contribution in [-0.4, -0.2) is 11.6 Å². The van der Waals surface area contributed by atoms with E-state index in [9.17, 15) is 4.79 Å². The van der Waals surface area contributed by atoms with Crippen molar-refractivity contribution in [3.8, 4) is 5.75 Å². The Morgan fingerprint density at radius 2 is 2.06 bits per heavy atom. The Morgan fingerprint density at radius 1 is 1.25 bits per heavy atom. The molecule has 1 aromatic heterocycles. The lowest BCUT2D eigenvalue weighted by Crippen LogP contribution is -2.06. The summed E-state index contributed by atoms with van der Waals surface area (Å²) < 4.78 is 5.45. The van der Waals surface area contributed by atoms with Gasteiger partial charge in [0.2, 0.25) is 5.56 Å². The van der Waals surface area contributed by atoms with Crippen molar-refractivity contribution < 1.29 is 4.74 Å². The summed E-state index contributed by atoms with van der Waals surface area (Å²) in [5.41, 5.74) is 1.88. The highest BCUT2D eigenvalue weighted by Gasteiger charge is 2.03. The van der Waals surface area contributed by atoms with Gasteiger partial charge in [0.05, 0.1) is 6.61 Å². The fourth-order valence-corrected chi connectivity index (χ4v) is 1.85. The number of H-pyrrole nitrogens is 1. The molecule has 2 rings (SSSR count). The van der Waals surface area contributed by atoms with E-state index in [4.69, 9.17) is 4.74 Å². The van der Waals surface area contributed by atoms with Crippen LogP contribution in [0.3, 0.4) is 0 Å². The quantitative estimate of drug-likeness (QED) is 0.858. The van der Waals surface area contributed by atoms with E-state index in [1.165, 1.54) is 0 Å². The third-order valence-corrected chi connectivity index (χ3v) is 2.59. The number of aryl methyl sites for hydroxylation is 1. The van der Waals surface area contributed by atoms with Crippen LogP contribution in [0.25, 0.3) is 10.9 Å². The maximum Gasteiger partial charge on any atom is 0.248 e. The Kier molecular flexibility index (Phi) is 2.95. The normalized spacial score (nSPS) is 10.6. The minimum Gasteiger partial charge on any atom is -0.494 e. The van der Waals surface area contributed by atoms with E-state index in [1.54, 1.807) is 6.07 Å². The maximum atomic E-state index is 11.4. The number of hydrogen-bond donors (Lipinski definition) is 1. The van der Waals surface area contributed by atoms with Crippen LogP contribution in [-0.2, 0) is 6.42 Å². The highest BCUT2D eigenvalue weighted by atomic mass is 16.5. The summed E-state index contributed by atoms with van der Waals surface area (Å²) in [4.78, 5) is 14.2. The molecule has 16 heavy (non-hydrogen) atoms. The molecule has 0 atom stereocenters. The molecular formula is C13H15NO2. The van der Waals surface area contributed by atoms with Crippen molar-refractivity contribution in [3.63, 3.8) is 0 Å². The fourth-order valence-electron chi connectivity index (χ4n) is 1.85. The van der Waals surface area contributed by atoms with Gasteiger partial charge in [-0.05, 0) is 37.1 Å². The lowest BCUT2D eigenvalue weighted by molar-refractivity contribution is 0.340. The molecule has 0 fully saturated rings. The zero-order chi connectivity index (χ0) is 11.5. The second kappa shape index (κ2) is 4.39. The Balaban J connectivity index is 2.66. The van der Waals surface area contributed by atoms with E-state index in [0.717, 1.165) is 28.6 Å². The van der Waals surface area contributed by atoms with Gasteiger partial charge < -0.3 is 9.72 Å². The number of nitrogens with one attached hydrogen (secondary N) is 1. The Hall–Kier alpha value is -1.77. The number of ether oxygens (including phenoxy) is 1. The zero-order valence-electron chi connectivity index (χ0n) is 9.54. The first-order valence-corrected chi connectivity index (χ1v) is 5.53. The molecular weight excluding hydrogens is 202 g/mol. The van der Waals surface area contributed by atoms with E-state index < -0.39 is 0 Å². The van der Waals surface area contributed by atoms with Gasteiger partial charge >= 0.3 is 0 Å². The van der Waals surface area contributed by atoms with Crippen LogP contribution in [0.2, 0.25) is 0 Å². The van der Waals surface area contributed by atoms with Crippen LogP contribution >= 0.6 is 0 Å². The Morgan fingerprint density at radius 3 is 2.75 bits per heavy atom. The van der Waals surface area contributed by atoms with Gasteiger partial charge in [-0.25, -0.2) is 0 Å². The van der Waals surface area contributed by atoms with Crippen molar-refractivity contribution in [3.05, 3.63) is 40.2 Å². The van der Waals surface area contributed by atoms with Gasteiger partial charge in [0.25, 0.3) is 0 Å². The molecule has 0 radical (unpaired) electrons. The molecule has 0 amide bonds. The third kappa shape index (κ3) is 1.94. The number of aromatic amines is 1. The molecule has 0 aliphatic heterocycles. The van der Waals surface area contributed by atoms with Crippen molar-refractivity contribution in [1.29, 1.82) is 0 Å². The van der Waals surface area contributed by atoms with Gasteiger partial charge in [-0.1, -0.05) is 6.92 Å². The first-order valence-electron chi connectivity index (χ1n) is 5.53. The van der Waals surface area contributed by atoms with E-state index in [0.29, 0.717) is 6.61 Å². The smallest absolute Gasteiger partial charge is 0.248 e. The summed E-state index contributed by atoms with van der Waals surface area (Å²) in [6, 6.07) is 7.40. The maximum absolute atomic E-state index is 11.4. The van der Waals surface area contributed by atoms with Crippen LogP contribution in [0.15, 0.2) is 29.1 Å². The van der Waals surface area contributed by atoms with E-state index in [1.807, 2.05) is 32.0 Å². The van der Waals surface area contributed by atoms with Crippen LogP contribution in [0.4, 0.5) is 0 Å². The molecule has 3 nitrogen and oxygen atoms in total. The first-order chi connectivity index (χ1) is 7.74. The van der Waals surface area contributed by atoms with Gasteiger partial charge in [0, 0.05) is 17.0 Å². The number of hydrogen-bond acceptors (Lipinski definition) is 2. The topological polar surface area (TPSA) is 42.1 Å². The van der Waals surface area contributed by atoms with Gasteiger partial charge in [-0.2, -0.15) is 0 Å². The monoisotopic (exact) mass is 217 g/mol. The number of fused-ring (bicyclic) bond motifs is 1. The number of aromatic nitrogens is 1. The van der Waals surface area contributed by atoms with E-state index >= 15 is 0 Å². The molecule has 1 N–H and O–H groups in total. The summed E-state index contributed by atoms with van der Waals surface area (Å²) in [5, 5.41) is 1.06. The molecule has 0 saturated carbocycles. The van der Waals surface area contributed by atoms with Crippen molar-refractivity contribution >= 4 is 10.9 Å². The predicted octanol–water partition coefficient (Wildman–Crippen LogP) is 2.49. The summed E-state index contributed by atoms with van der Waals surface area (Å²) in [6.45, 7) is 4.65. The standard InChI is InChI=1S/C13H15NO2/c1-3-9-7-13(15)14-12-6-5-10(16-4-2)8-11(9)12/h5-8H,3-4H2,1-2H3,(H,14,15). The summed E-state index contributed by atoms with van der Waals surface area (Å²) in [7, 11) is 0. The van der Waals surface area contributed by atoms with Gasteiger partial charge in [0.1, 0.15) is 5.75 Å². The van der Waals surface area contributed by atoms with Crippen molar-refractivity contribution in [1.82, 2.24) is 4.98 Å². The van der Waals surface area contributed by atoms with Crippen LogP contribution < -0.4 is 10.3 Å². The van der Waals surface area contributed by atoms with Crippen LogP contribution in [0, 0.1) is 0 Å². The minimum absolute atomic E-state index is 0.0477. The lowest BCUT2D eigenvalue weighted by Gasteiger charge is -2.07.